The van der Waals surface area contributed by atoms with Gasteiger partial charge in [0.25, 0.3) is 0 Å². The summed E-state index contributed by atoms with van der Waals surface area (Å²) >= 11 is 6.00. The molecule has 0 fully saturated rings. The zero-order chi connectivity index (χ0) is 15.5. The Kier molecular flexibility index (Phi) is 4.63. The lowest BCUT2D eigenvalue weighted by atomic mass is 9.84. The first-order chi connectivity index (χ1) is 9.91. The van der Waals surface area contributed by atoms with Crippen molar-refractivity contribution in [3.8, 4) is 0 Å². The molecular formula is C15H19ClN4O. The second-order valence-electron chi connectivity index (χ2n) is 5.46. The fourth-order valence-electron chi connectivity index (χ4n) is 2.05. The van der Waals surface area contributed by atoms with E-state index in [4.69, 9.17) is 11.6 Å². The van der Waals surface area contributed by atoms with Crippen LogP contribution in [-0.4, -0.2) is 27.2 Å². The van der Waals surface area contributed by atoms with Gasteiger partial charge in [-0.25, -0.2) is 0 Å². The van der Waals surface area contributed by atoms with Crippen LogP contribution in [0.25, 0.3) is 0 Å². The molecule has 1 aromatic carbocycles. The zero-order valence-corrected chi connectivity index (χ0v) is 13.2. The van der Waals surface area contributed by atoms with Crippen molar-refractivity contribution >= 4 is 17.5 Å². The molecule has 0 saturated heterocycles. The second-order valence-corrected chi connectivity index (χ2v) is 5.90. The van der Waals surface area contributed by atoms with E-state index in [-0.39, 0.29) is 5.91 Å². The topological polar surface area (TPSA) is 59.8 Å². The number of aryl methyl sites for hydroxylation is 1. The first-order valence-electron chi connectivity index (χ1n) is 6.80. The van der Waals surface area contributed by atoms with Crippen LogP contribution < -0.4 is 5.32 Å². The maximum Gasteiger partial charge on any atom is 0.230 e. The van der Waals surface area contributed by atoms with Crippen molar-refractivity contribution in [2.75, 3.05) is 6.54 Å². The van der Waals surface area contributed by atoms with E-state index in [0.29, 0.717) is 18.1 Å². The van der Waals surface area contributed by atoms with Gasteiger partial charge in [-0.1, -0.05) is 23.7 Å². The second kappa shape index (κ2) is 6.26. The van der Waals surface area contributed by atoms with Gasteiger partial charge >= 0.3 is 0 Å². The Morgan fingerprint density at radius 2 is 2.19 bits per heavy atom. The standard InChI is InChI=1S/C15H19ClN4O/c1-11-19-18-10-20(11)8-7-17-14(21)15(2,3)12-5-4-6-13(16)9-12/h4-6,9-10H,7-8H2,1-3H3,(H,17,21). The molecule has 112 valence electrons. The molecule has 0 saturated carbocycles. The van der Waals surface area contributed by atoms with Crippen LogP contribution in [-0.2, 0) is 16.8 Å². The van der Waals surface area contributed by atoms with E-state index in [1.807, 2.05) is 43.5 Å². The summed E-state index contributed by atoms with van der Waals surface area (Å²) < 4.78 is 1.90. The zero-order valence-electron chi connectivity index (χ0n) is 12.4. The number of nitrogens with zero attached hydrogens (tertiary/aromatic N) is 3. The molecule has 0 bridgehead atoms. The van der Waals surface area contributed by atoms with Crippen LogP contribution in [0.3, 0.4) is 0 Å². The molecule has 6 heteroatoms. The summed E-state index contributed by atoms with van der Waals surface area (Å²) in [6.45, 7) is 6.83. The van der Waals surface area contributed by atoms with Gasteiger partial charge in [-0.2, -0.15) is 0 Å². The van der Waals surface area contributed by atoms with Crippen molar-refractivity contribution in [2.24, 2.45) is 0 Å². The van der Waals surface area contributed by atoms with Crippen molar-refractivity contribution < 1.29 is 4.79 Å². The van der Waals surface area contributed by atoms with Crippen molar-refractivity contribution in [1.29, 1.82) is 0 Å². The Labute approximate surface area is 129 Å². The average Bonchev–Trinajstić information content (AvgIpc) is 2.84. The summed E-state index contributed by atoms with van der Waals surface area (Å²) in [6, 6.07) is 7.39. The van der Waals surface area contributed by atoms with Crippen LogP contribution in [0.1, 0.15) is 25.2 Å². The third kappa shape index (κ3) is 3.61. The fraction of sp³-hybridized carbons (Fsp3) is 0.400. The van der Waals surface area contributed by atoms with Gasteiger partial charge in [-0.3, -0.25) is 4.79 Å². The van der Waals surface area contributed by atoms with Crippen LogP contribution in [0.5, 0.6) is 0 Å². The lowest BCUT2D eigenvalue weighted by molar-refractivity contribution is -0.125. The van der Waals surface area contributed by atoms with Crippen molar-refractivity contribution in [3.63, 3.8) is 0 Å². The van der Waals surface area contributed by atoms with Crippen molar-refractivity contribution in [1.82, 2.24) is 20.1 Å². The summed E-state index contributed by atoms with van der Waals surface area (Å²) in [6.07, 6.45) is 1.66. The highest BCUT2D eigenvalue weighted by Crippen LogP contribution is 2.25. The maximum absolute atomic E-state index is 12.4. The Bertz CT molecular complexity index is 636. The monoisotopic (exact) mass is 306 g/mol. The minimum atomic E-state index is -0.632. The van der Waals surface area contributed by atoms with Gasteiger partial charge < -0.3 is 9.88 Å². The van der Waals surface area contributed by atoms with Crippen molar-refractivity contribution in [3.05, 3.63) is 47.0 Å². The number of aromatic nitrogens is 3. The van der Waals surface area contributed by atoms with Gasteiger partial charge in [0.2, 0.25) is 5.91 Å². The highest BCUT2D eigenvalue weighted by molar-refractivity contribution is 6.30. The molecule has 0 spiro atoms. The molecule has 1 aromatic heterocycles. The van der Waals surface area contributed by atoms with Gasteiger partial charge in [0.1, 0.15) is 12.2 Å². The molecule has 0 unspecified atom stereocenters. The summed E-state index contributed by atoms with van der Waals surface area (Å²) in [5.74, 6) is 0.800. The minimum absolute atomic E-state index is 0.0319. The lowest BCUT2D eigenvalue weighted by Crippen LogP contribution is -2.41. The Morgan fingerprint density at radius 1 is 1.43 bits per heavy atom. The Hall–Kier alpha value is -1.88. The van der Waals surface area contributed by atoms with Gasteiger partial charge in [-0.15, -0.1) is 10.2 Å². The Morgan fingerprint density at radius 3 is 2.81 bits per heavy atom. The maximum atomic E-state index is 12.4. The van der Waals surface area contributed by atoms with E-state index >= 15 is 0 Å². The van der Waals surface area contributed by atoms with Crippen LogP contribution in [0, 0.1) is 6.92 Å². The Balaban J connectivity index is 1.97. The highest BCUT2D eigenvalue weighted by atomic mass is 35.5. The molecule has 0 radical (unpaired) electrons. The number of rotatable bonds is 5. The predicted octanol–water partition coefficient (Wildman–Crippen LogP) is 2.33. The van der Waals surface area contributed by atoms with E-state index in [2.05, 4.69) is 15.5 Å². The first-order valence-corrected chi connectivity index (χ1v) is 7.18. The number of benzene rings is 1. The molecular weight excluding hydrogens is 288 g/mol. The summed E-state index contributed by atoms with van der Waals surface area (Å²) in [4.78, 5) is 12.4. The molecule has 0 aliphatic heterocycles. The number of hydrogen-bond acceptors (Lipinski definition) is 3. The normalized spacial score (nSPS) is 11.4. The van der Waals surface area contributed by atoms with Crippen LogP contribution in [0.4, 0.5) is 0 Å². The number of halogens is 1. The van der Waals surface area contributed by atoms with E-state index in [1.165, 1.54) is 0 Å². The van der Waals surface area contributed by atoms with Gasteiger partial charge in [-0.05, 0) is 38.5 Å². The molecule has 0 aliphatic carbocycles. The fourth-order valence-corrected chi connectivity index (χ4v) is 2.24. The van der Waals surface area contributed by atoms with Crippen LogP contribution in [0.2, 0.25) is 5.02 Å². The van der Waals surface area contributed by atoms with Gasteiger partial charge in [0, 0.05) is 18.1 Å². The predicted molar refractivity (Wildman–Crippen MR) is 82.2 cm³/mol. The first kappa shape index (κ1) is 15.5. The van der Waals surface area contributed by atoms with E-state index in [9.17, 15) is 4.79 Å². The highest BCUT2D eigenvalue weighted by Gasteiger charge is 2.29. The smallest absolute Gasteiger partial charge is 0.230 e. The third-order valence-corrected chi connectivity index (χ3v) is 3.80. The van der Waals surface area contributed by atoms with Crippen molar-refractivity contribution in [2.45, 2.75) is 32.7 Å². The molecule has 1 heterocycles. The summed E-state index contributed by atoms with van der Waals surface area (Å²) in [5, 5.41) is 11.3. The molecule has 1 amide bonds. The SMILES string of the molecule is Cc1nncn1CCNC(=O)C(C)(C)c1cccc(Cl)c1. The lowest BCUT2D eigenvalue weighted by Gasteiger charge is -2.24. The third-order valence-electron chi connectivity index (χ3n) is 3.56. The molecule has 0 aliphatic rings. The molecule has 21 heavy (non-hydrogen) atoms. The number of nitrogens with one attached hydrogen (secondary N) is 1. The summed E-state index contributed by atoms with van der Waals surface area (Å²) in [7, 11) is 0. The number of carbonyl (C=O) groups is 1. The quantitative estimate of drug-likeness (QED) is 0.922. The van der Waals surface area contributed by atoms with Gasteiger partial charge in [0.05, 0.1) is 5.41 Å². The van der Waals surface area contributed by atoms with Crippen LogP contribution in [0.15, 0.2) is 30.6 Å². The molecule has 2 aromatic rings. The molecule has 0 atom stereocenters. The van der Waals surface area contributed by atoms with E-state index in [1.54, 1.807) is 12.4 Å². The van der Waals surface area contributed by atoms with E-state index in [0.717, 1.165) is 11.4 Å². The van der Waals surface area contributed by atoms with Gasteiger partial charge in [0.15, 0.2) is 0 Å². The summed E-state index contributed by atoms with van der Waals surface area (Å²) in [5.41, 5.74) is 0.264. The van der Waals surface area contributed by atoms with E-state index < -0.39 is 5.41 Å². The van der Waals surface area contributed by atoms with Crippen LogP contribution >= 0.6 is 11.6 Å². The number of hydrogen-bond donors (Lipinski definition) is 1. The largest absolute Gasteiger partial charge is 0.354 e. The number of carbonyl (C=O) groups excluding carboxylic acids is 1. The number of amides is 1. The average molecular weight is 307 g/mol. The molecule has 5 nitrogen and oxygen atoms in total. The molecule has 2 rings (SSSR count). The minimum Gasteiger partial charge on any atom is -0.354 e. The molecule has 1 N–H and O–H groups in total.